The molecule has 4 bridgehead atoms. The Hall–Kier alpha value is -1.62. The fourth-order valence-corrected chi connectivity index (χ4v) is 5.94. The number of esters is 1. The van der Waals surface area contributed by atoms with E-state index in [1.807, 2.05) is 16.8 Å². The smallest absolute Gasteiger partial charge is 0.331 e. The van der Waals surface area contributed by atoms with Gasteiger partial charge in [-0.05, 0) is 84.7 Å². The molecule has 0 saturated heterocycles. The Morgan fingerprint density at radius 1 is 1.21 bits per heavy atom. The zero-order valence-electron chi connectivity index (χ0n) is 13.7. The molecule has 1 aromatic heterocycles. The van der Waals surface area contributed by atoms with Crippen molar-refractivity contribution in [3.8, 4) is 0 Å². The highest BCUT2D eigenvalue weighted by Gasteiger charge is 2.51. The summed E-state index contributed by atoms with van der Waals surface area (Å²) in [6, 6.07) is 1.92. The highest BCUT2D eigenvalue weighted by molar-refractivity contribution is 7.08. The van der Waals surface area contributed by atoms with Gasteiger partial charge in [0.1, 0.15) is 0 Å². The first-order valence-corrected chi connectivity index (χ1v) is 9.73. The SMILES string of the molecule is O=C(COC(=O)/C=C/c1ccsc1)NC12CC3CC(CC(C3)C1)C2. The lowest BCUT2D eigenvalue weighted by atomic mass is 9.53. The van der Waals surface area contributed by atoms with Crippen molar-refractivity contribution in [1.82, 2.24) is 5.32 Å². The van der Waals surface area contributed by atoms with E-state index >= 15 is 0 Å². The summed E-state index contributed by atoms with van der Waals surface area (Å²) in [7, 11) is 0. The number of nitrogens with one attached hydrogen (secondary N) is 1. The molecule has 4 nitrogen and oxygen atoms in total. The molecule has 0 aromatic carbocycles. The molecule has 0 radical (unpaired) electrons. The summed E-state index contributed by atoms with van der Waals surface area (Å²) in [6.45, 7) is -0.186. The van der Waals surface area contributed by atoms with Gasteiger partial charge >= 0.3 is 5.97 Å². The molecule has 0 atom stereocenters. The third kappa shape index (κ3) is 3.41. The van der Waals surface area contributed by atoms with Gasteiger partial charge in [-0.25, -0.2) is 4.79 Å². The van der Waals surface area contributed by atoms with Crippen molar-refractivity contribution in [2.75, 3.05) is 6.61 Å². The largest absolute Gasteiger partial charge is 0.452 e. The van der Waals surface area contributed by atoms with E-state index in [1.54, 1.807) is 17.4 Å². The number of carbonyl (C=O) groups is 2. The summed E-state index contributed by atoms with van der Waals surface area (Å²) in [6.07, 6.45) is 10.4. The van der Waals surface area contributed by atoms with Crippen LogP contribution >= 0.6 is 11.3 Å². The van der Waals surface area contributed by atoms with Crippen molar-refractivity contribution >= 4 is 29.3 Å². The van der Waals surface area contributed by atoms with Crippen LogP contribution in [0.5, 0.6) is 0 Å². The van der Waals surface area contributed by atoms with Crippen molar-refractivity contribution < 1.29 is 14.3 Å². The minimum Gasteiger partial charge on any atom is -0.452 e. The number of hydrogen-bond donors (Lipinski definition) is 1. The Balaban J connectivity index is 1.27. The van der Waals surface area contributed by atoms with E-state index in [2.05, 4.69) is 5.32 Å². The van der Waals surface area contributed by atoms with Gasteiger partial charge in [-0.15, -0.1) is 0 Å². The third-order valence-corrected chi connectivity index (χ3v) is 6.44. The second kappa shape index (κ2) is 6.36. The number of thiophene rings is 1. The van der Waals surface area contributed by atoms with Gasteiger partial charge in [0.05, 0.1) is 0 Å². The van der Waals surface area contributed by atoms with Crippen molar-refractivity contribution in [2.24, 2.45) is 17.8 Å². The average Bonchev–Trinajstić information content (AvgIpc) is 3.02. The van der Waals surface area contributed by atoms with Gasteiger partial charge in [0, 0.05) is 11.6 Å². The van der Waals surface area contributed by atoms with E-state index in [4.69, 9.17) is 4.74 Å². The average molecular weight is 345 g/mol. The van der Waals surface area contributed by atoms with E-state index in [0.717, 1.165) is 42.6 Å². The third-order valence-electron chi connectivity index (χ3n) is 5.74. The predicted molar refractivity (Wildman–Crippen MR) is 93.4 cm³/mol. The topological polar surface area (TPSA) is 55.4 Å². The molecule has 4 aliphatic carbocycles. The fraction of sp³-hybridized carbons (Fsp3) is 0.579. The van der Waals surface area contributed by atoms with Crippen LogP contribution in [0.1, 0.15) is 44.1 Å². The van der Waals surface area contributed by atoms with Crippen molar-refractivity contribution in [2.45, 2.75) is 44.1 Å². The molecule has 1 N–H and O–H groups in total. The Morgan fingerprint density at radius 3 is 2.46 bits per heavy atom. The monoisotopic (exact) mass is 345 g/mol. The van der Waals surface area contributed by atoms with Gasteiger partial charge in [0.15, 0.2) is 6.61 Å². The Labute approximate surface area is 146 Å². The lowest BCUT2D eigenvalue weighted by molar-refractivity contribution is -0.145. The molecule has 24 heavy (non-hydrogen) atoms. The minimum absolute atomic E-state index is 0.0231. The van der Waals surface area contributed by atoms with Gasteiger partial charge in [-0.1, -0.05) is 0 Å². The van der Waals surface area contributed by atoms with Crippen LogP contribution in [0.25, 0.3) is 6.08 Å². The maximum absolute atomic E-state index is 12.3. The van der Waals surface area contributed by atoms with E-state index in [1.165, 1.54) is 25.3 Å². The number of amides is 1. The second-order valence-electron chi connectivity index (χ2n) is 7.74. The van der Waals surface area contributed by atoms with Crippen LogP contribution in [0, 0.1) is 17.8 Å². The molecule has 1 amide bonds. The van der Waals surface area contributed by atoms with Crippen LogP contribution in [0.15, 0.2) is 22.9 Å². The Bertz CT molecular complexity index is 614. The normalized spacial score (nSPS) is 33.8. The van der Waals surface area contributed by atoms with E-state index in [-0.39, 0.29) is 18.1 Å². The molecule has 0 spiro atoms. The van der Waals surface area contributed by atoms with Crippen molar-refractivity contribution in [3.63, 3.8) is 0 Å². The number of rotatable bonds is 5. The van der Waals surface area contributed by atoms with E-state index in [0.29, 0.717) is 0 Å². The molecule has 4 fully saturated rings. The molecular weight excluding hydrogens is 322 g/mol. The maximum Gasteiger partial charge on any atom is 0.331 e. The van der Waals surface area contributed by atoms with Crippen LogP contribution in [0.3, 0.4) is 0 Å². The number of carbonyl (C=O) groups excluding carboxylic acids is 2. The van der Waals surface area contributed by atoms with Crippen LogP contribution in [0.4, 0.5) is 0 Å². The minimum atomic E-state index is -0.470. The summed E-state index contributed by atoms with van der Waals surface area (Å²) in [5.41, 5.74) is 0.945. The zero-order chi connectivity index (χ0) is 16.6. The van der Waals surface area contributed by atoms with Crippen LogP contribution in [-0.4, -0.2) is 24.0 Å². The molecule has 4 saturated carbocycles. The van der Waals surface area contributed by atoms with E-state index < -0.39 is 5.97 Å². The molecule has 128 valence electrons. The molecule has 5 heteroatoms. The van der Waals surface area contributed by atoms with Crippen LogP contribution < -0.4 is 5.32 Å². The first-order valence-electron chi connectivity index (χ1n) is 8.78. The first kappa shape index (κ1) is 15.9. The first-order chi connectivity index (χ1) is 11.6. The molecule has 0 aliphatic heterocycles. The van der Waals surface area contributed by atoms with Gasteiger partial charge in [-0.3, -0.25) is 4.79 Å². The van der Waals surface area contributed by atoms with Gasteiger partial charge in [0.25, 0.3) is 5.91 Å². The zero-order valence-corrected chi connectivity index (χ0v) is 14.5. The highest BCUT2D eigenvalue weighted by Crippen LogP contribution is 2.55. The molecule has 5 rings (SSSR count). The van der Waals surface area contributed by atoms with Gasteiger partial charge in [-0.2, -0.15) is 11.3 Å². The van der Waals surface area contributed by atoms with Crippen molar-refractivity contribution in [3.05, 3.63) is 28.5 Å². The van der Waals surface area contributed by atoms with Gasteiger partial charge in [0.2, 0.25) is 0 Å². The molecular formula is C19H23NO3S. The number of hydrogen-bond acceptors (Lipinski definition) is 4. The van der Waals surface area contributed by atoms with Gasteiger partial charge < -0.3 is 10.1 Å². The molecule has 0 unspecified atom stereocenters. The number of ether oxygens (including phenoxy) is 1. The lowest BCUT2D eigenvalue weighted by Gasteiger charge is -2.56. The summed E-state index contributed by atoms with van der Waals surface area (Å²) in [5, 5.41) is 7.11. The highest BCUT2D eigenvalue weighted by atomic mass is 32.1. The second-order valence-corrected chi connectivity index (χ2v) is 8.52. The standard InChI is InChI=1S/C19H23NO3S/c21-17(11-23-18(22)2-1-13-3-4-24-12-13)20-19-8-14-5-15(9-19)7-16(6-14)10-19/h1-4,12,14-16H,5-11H2,(H,20,21)/b2-1+. The Morgan fingerprint density at radius 2 is 1.88 bits per heavy atom. The summed E-state index contributed by atoms with van der Waals surface area (Å²) >= 11 is 1.57. The quantitative estimate of drug-likeness (QED) is 0.657. The predicted octanol–water partition coefficient (Wildman–Crippen LogP) is 3.39. The van der Waals surface area contributed by atoms with Crippen LogP contribution in [-0.2, 0) is 14.3 Å². The maximum atomic E-state index is 12.3. The Kier molecular flexibility index (Phi) is 4.21. The summed E-state index contributed by atoms with van der Waals surface area (Å²) in [5.74, 6) is 1.73. The van der Waals surface area contributed by atoms with Crippen LogP contribution in [0.2, 0.25) is 0 Å². The summed E-state index contributed by atoms with van der Waals surface area (Å²) in [4.78, 5) is 24.0. The fourth-order valence-electron chi connectivity index (χ4n) is 5.31. The molecule has 1 aromatic rings. The summed E-state index contributed by atoms with van der Waals surface area (Å²) < 4.78 is 5.08. The molecule has 4 aliphatic rings. The van der Waals surface area contributed by atoms with E-state index in [9.17, 15) is 9.59 Å². The van der Waals surface area contributed by atoms with Crippen molar-refractivity contribution in [1.29, 1.82) is 0 Å². The molecule has 1 heterocycles. The lowest BCUT2D eigenvalue weighted by Crippen LogP contribution is -2.60.